The van der Waals surface area contributed by atoms with Gasteiger partial charge in [-0.3, -0.25) is 20.4 Å². The second-order valence-electron chi connectivity index (χ2n) is 5.50. The van der Waals surface area contributed by atoms with Gasteiger partial charge in [0.1, 0.15) is 5.75 Å². The number of hydrogen-bond acceptors (Lipinski definition) is 5. The summed E-state index contributed by atoms with van der Waals surface area (Å²) in [5.41, 5.74) is 5.51. The maximum Gasteiger partial charge on any atom is 0.242 e. The molecular formula is C15H20N2O5S. The lowest BCUT2D eigenvalue weighted by atomic mass is 10.1. The fourth-order valence-electron chi connectivity index (χ4n) is 2.27. The van der Waals surface area contributed by atoms with E-state index in [-0.39, 0.29) is 24.5 Å². The molecule has 2 amide bonds. The second kappa shape index (κ2) is 7.45. The Balaban J connectivity index is 1.67. The van der Waals surface area contributed by atoms with E-state index >= 15 is 0 Å². The van der Waals surface area contributed by atoms with Crippen LogP contribution in [0.5, 0.6) is 5.75 Å². The van der Waals surface area contributed by atoms with Crippen molar-refractivity contribution >= 4 is 21.7 Å². The number of benzene rings is 1. The van der Waals surface area contributed by atoms with Crippen LogP contribution in [-0.2, 0) is 19.4 Å². The van der Waals surface area contributed by atoms with Crippen LogP contribution in [0.4, 0.5) is 0 Å². The van der Waals surface area contributed by atoms with E-state index in [4.69, 9.17) is 4.74 Å². The van der Waals surface area contributed by atoms with Gasteiger partial charge in [0.25, 0.3) is 0 Å². The van der Waals surface area contributed by atoms with Crippen LogP contribution in [0.3, 0.4) is 0 Å². The van der Waals surface area contributed by atoms with E-state index < -0.39 is 27.6 Å². The summed E-state index contributed by atoms with van der Waals surface area (Å²) in [4.78, 5) is 23.4. The van der Waals surface area contributed by atoms with E-state index in [0.29, 0.717) is 12.2 Å². The Kier molecular flexibility index (Phi) is 5.59. The fraction of sp³-hybridized carbons (Fsp3) is 0.467. The van der Waals surface area contributed by atoms with Crippen LogP contribution < -0.4 is 15.6 Å². The van der Waals surface area contributed by atoms with Crippen molar-refractivity contribution in [1.82, 2.24) is 10.9 Å². The quantitative estimate of drug-likeness (QED) is 0.753. The van der Waals surface area contributed by atoms with E-state index in [1.807, 2.05) is 31.2 Å². The van der Waals surface area contributed by atoms with Crippen LogP contribution >= 0.6 is 0 Å². The molecule has 0 aliphatic carbocycles. The smallest absolute Gasteiger partial charge is 0.242 e. The van der Waals surface area contributed by atoms with E-state index in [9.17, 15) is 18.0 Å². The van der Waals surface area contributed by atoms with Crippen molar-refractivity contribution in [3.8, 4) is 5.75 Å². The first kappa shape index (κ1) is 17.3. The lowest BCUT2D eigenvalue weighted by molar-refractivity contribution is -0.131. The molecule has 1 atom stereocenters. The van der Waals surface area contributed by atoms with Gasteiger partial charge < -0.3 is 4.74 Å². The molecule has 0 aromatic heterocycles. The molecule has 7 nitrogen and oxygen atoms in total. The molecule has 1 heterocycles. The molecule has 23 heavy (non-hydrogen) atoms. The van der Waals surface area contributed by atoms with Crippen LogP contribution in [0.2, 0.25) is 0 Å². The standard InChI is InChI=1S/C15H20N2O5S/c1-11-4-2-3-5-13(11)22-8-6-14(18)16-17-15(19)12-7-9-23(20,21)10-12/h2-5,12H,6-10H2,1H3,(H,16,18)(H,17,19)/t12-/m0/s1. The number of ether oxygens (including phenoxy) is 1. The Labute approximate surface area is 135 Å². The highest BCUT2D eigenvalue weighted by atomic mass is 32.2. The first-order valence-electron chi connectivity index (χ1n) is 7.35. The topological polar surface area (TPSA) is 102 Å². The maximum absolute atomic E-state index is 11.8. The van der Waals surface area contributed by atoms with Crippen LogP contribution in [0, 0.1) is 12.8 Å². The molecule has 2 N–H and O–H groups in total. The van der Waals surface area contributed by atoms with Gasteiger partial charge in [0.05, 0.1) is 30.5 Å². The summed E-state index contributed by atoms with van der Waals surface area (Å²) >= 11 is 0. The number of carbonyl (C=O) groups is 2. The average molecular weight is 340 g/mol. The third kappa shape index (κ3) is 5.24. The summed E-state index contributed by atoms with van der Waals surface area (Å²) in [6, 6.07) is 7.47. The van der Waals surface area contributed by atoms with Gasteiger partial charge in [0, 0.05) is 0 Å². The normalized spacial score (nSPS) is 19.1. The fourth-order valence-corrected chi connectivity index (χ4v) is 4.01. The molecule has 0 bridgehead atoms. The van der Waals surface area contributed by atoms with Crippen LogP contribution in [-0.4, -0.2) is 38.3 Å². The summed E-state index contributed by atoms with van der Waals surface area (Å²) in [5, 5.41) is 0. The minimum absolute atomic E-state index is 0.0172. The van der Waals surface area contributed by atoms with E-state index in [2.05, 4.69) is 10.9 Å². The molecule has 1 aromatic rings. The Bertz CT molecular complexity index is 687. The molecule has 8 heteroatoms. The zero-order valence-electron chi connectivity index (χ0n) is 12.9. The monoisotopic (exact) mass is 340 g/mol. The van der Waals surface area contributed by atoms with Crippen molar-refractivity contribution in [1.29, 1.82) is 0 Å². The largest absolute Gasteiger partial charge is 0.493 e. The number of sulfone groups is 1. The summed E-state index contributed by atoms with van der Waals surface area (Å²) in [6.45, 7) is 2.09. The zero-order valence-corrected chi connectivity index (χ0v) is 13.7. The highest BCUT2D eigenvalue weighted by molar-refractivity contribution is 7.91. The molecule has 0 radical (unpaired) electrons. The predicted octanol–water partition coefficient (Wildman–Crippen LogP) is 0.346. The van der Waals surface area contributed by atoms with Crippen molar-refractivity contribution < 1.29 is 22.7 Å². The third-order valence-corrected chi connectivity index (χ3v) is 5.38. The lowest BCUT2D eigenvalue weighted by Gasteiger charge is -2.11. The summed E-state index contributed by atoms with van der Waals surface area (Å²) in [5.74, 6) is -0.898. The third-order valence-electron chi connectivity index (χ3n) is 3.61. The van der Waals surface area contributed by atoms with Crippen LogP contribution in [0.1, 0.15) is 18.4 Å². The average Bonchev–Trinajstić information content (AvgIpc) is 2.87. The van der Waals surface area contributed by atoms with Gasteiger partial charge in [-0.1, -0.05) is 18.2 Å². The van der Waals surface area contributed by atoms with Crippen LogP contribution in [0.25, 0.3) is 0 Å². The Morgan fingerprint density at radius 2 is 2.00 bits per heavy atom. The number of carbonyl (C=O) groups excluding carboxylic acids is 2. The van der Waals surface area contributed by atoms with Gasteiger partial charge in [-0.15, -0.1) is 0 Å². The Morgan fingerprint density at radius 1 is 1.26 bits per heavy atom. The molecule has 0 saturated carbocycles. The van der Waals surface area contributed by atoms with Gasteiger partial charge in [-0.25, -0.2) is 8.42 Å². The number of rotatable bonds is 5. The van der Waals surface area contributed by atoms with Crippen molar-refractivity contribution in [2.75, 3.05) is 18.1 Å². The van der Waals surface area contributed by atoms with Crippen molar-refractivity contribution in [3.05, 3.63) is 29.8 Å². The van der Waals surface area contributed by atoms with Gasteiger partial charge in [0.2, 0.25) is 11.8 Å². The minimum Gasteiger partial charge on any atom is -0.493 e. The van der Waals surface area contributed by atoms with Gasteiger partial charge in [0.15, 0.2) is 9.84 Å². The number of nitrogens with one attached hydrogen (secondary N) is 2. The van der Waals surface area contributed by atoms with E-state index in [1.165, 1.54) is 0 Å². The van der Waals surface area contributed by atoms with E-state index in [1.54, 1.807) is 0 Å². The Morgan fingerprint density at radius 3 is 2.65 bits per heavy atom. The molecule has 1 aliphatic rings. The van der Waals surface area contributed by atoms with E-state index in [0.717, 1.165) is 5.56 Å². The molecule has 126 valence electrons. The number of hydrazine groups is 1. The van der Waals surface area contributed by atoms with Crippen molar-refractivity contribution in [2.24, 2.45) is 5.92 Å². The number of aryl methyl sites for hydroxylation is 1. The second-order valence-corrected chi connectivity index (χ2v) is 7.73. The molecule has 0 unspecified atom stereocenters. The predicted molar refractivity (Wildman–Crippen MR) is 84.3 cm³/mol. The molecule has 0 spiro atoms. The van der Waals surface area contributed by atoms with Gasteiger partial charge in [-0.2, -0.15) is 0 Å². The lowest BCUT2D eigenvalue weighted by Crippen LogP contribution is -2.45. The van der Waals surface area contributed by atoms with Gasteiger partial charge in [-0.05, 0) is 25.0 Å². The highest BCUT2D eigenvalue weighted by Crippen LogP contribution is 2.18. The van der Waals surface area contributed by atoms with Crippen molar-refractivity contribution in [2.45, 2.75) is 19.8 Å². The zero-order chi connectivity index (χ0) is 16.9. The SMILES string of the molecule is Cc1ccccc1OCCC(=O)NNC(=O)[C@H]1CCS(=O)(=O)C1. The Hall–Kier alpha value is -2.09. The molecule has 1 aliphatic heterocycles. The summed E-state index contributed by atoms with van der Waals surface area (Å²) in [7, 11) is -3.12. The molecule has 1 aromatic carbocycles. The highest BCUT2D eigenvalue weighted by Gasteiger charge is 2.33. The van der Waals surface area contributed by atoms with Gasteiger partial charge >= 0.3 is 0 Å². The molecule has 1 fully saturated rings. The summed E-state index contributed by atoms with van der Waals surface area (Å²) < 4.78 is 28.1. The number of para-hydroxylation sites is 1. The minimum atomic E-state index is -3.12. The van der Waals surface area contributed by atoms with Crippen molar-refractivity contribution in [3.63, 3.8) is 0 Å². The first-order valence-corrected chi connectivity index (χ1v) is 9.17. The number of amides is 2. The molecular weight excluding hydrogens is 320 g/mol. The first-order chi connectivity index (χ1) is 10.9. The molecule has 1 saturated heterocycles. The maximum atomic E-state index is 11.8. The molecule has 2 rings (SSSR count). The summed E-state index contributed by atoms with van der Waals surface area (Å²) in [6.07, 6.45) is 0.373. The number of hydrogen-bond donors (Lipinski definition) is 2. The van der Waals surface area contributed by atoms with Crippen LogP contribution in [0.15, 0.2) is 24.3 Å².